The first-order chi connectivity index (χ1) is 13.6. The van der Waals surface area contributed by atoms with E-state index in [0.717, 1.165) is 24.3 Å². The van der Waals surface area contributed by atoms with Gasteiger partial charge in [0, 0.05) is 6.61 Å². The summed E-state index contributed by atoms with van der Waals surface area (Å²) in [7, 11) is 0. The second kappa shape index (κ2) is 7.82. The monoisotopic (exact) mass is 381 g/mol. The number of esters is 1. The Morgan fingerprint density at radius 3 is 2.32 bits per heavy atom. The summed E-state index contributed by atoms with van der Waals surface area (Å²) in [6.07, 6.45) is 2.15. The van der Waals surface area contributed by atoms with Gasteiger partial charge in [-0.2, -0.15) is 0 Å². The highest BCUT2D eigenvalue weighted by atomic mass is 16.5. The largest absolute Gasteiger partial charge is 0.491 e. The Kier molecular flexibility index (Phi) is 5.08. The van der Waals surface area contributed by atoms with Crippen LogP contribution in [-0.4, -0.2) is 48.7 Å². The van der Waals surface area contributed by atoms with Gasteiger partial charge in [0.2, 0.25) is 0 Å². The van der Waals surface area contributed by atoms with E-state index in [1.54, 1.807) is 48.5 Å². The standard InChI is InChI=1S/C21H19NO6/c23-19-17-5-1-2-6-18(17)20(24)22(19)13-28-21(25)14-7-9-15(10-8-14)27-12-16-4-3-11-26-16/h1-2,5-10,16H,3-4,11-13H2/t16-/m0/s1. The molecule has 1 fully saturated rings. The summed E-state index contributed by atoms with van der Waals surface area (Å²) >= 11 is 0. The van der Waals surface area contributed by atoms with Crippen LogP contribution in [0.3, 0.4) is 0 Å². The maximum Gasteiger partial charge on any atom is 0.339 e. The van der Waals surface area contributed by atoms with Crippen LogP contribution < -0.4 is 4.74 Å². The molecule has 1 atom stereocenters. The van der Waals surface area contributed by atoms with Crippen LogP contribution in [0.5, 0.6) is 5.75 Å². The second-order valence-electron chi connectivity index (χ2n) is 6.62. The molecule has 2 aliphatic rings. The number of ether oxygens (including phenoxy) is 3. The lowest BCUT2D eigenvalue weighted by Gasteiger charge is -2.14. The first kappa shape index (κ1) is 18.2. The van der Waals surface area contributed by atoms with Gasteiger partial charge in [0.1, 0.15) is 12.4 Å². The van der Waals surface area contributed by atoms with E-state index in [9.17, 15) is 14.4 Å². The Balaban J connectivity index is 1.31. The van der Waals surface area contributed by atoms with Crippen molar-refractivity contribution in [1.29, 1.82) is 0 Å². The van der Waals surface area contributed by atoms with Crippen LogP contribution in [0.25, 0.3) is 0 Å². The SMILES string of the molecule is O=C(OCN1C(=O)c2ccccc2C1=O)c1ccc(OC[C@@H]2CCCO2)cc1. The highest BCUT2D eigenvalue weighted by Gasteiger charge is 2.35. The Morgan fingerprint density at radius 2 is 1.71 bits per heavy atom. The molecule has 1 saturated heterocycles. The summed E-state index contributed by atoms with van der Waals surface area (Å²) in [5.74, 6) is -0.924. The molecular weight excluding hydrogens is 362 g/mol. The molecule has 0 bridgehead atoms. The molecule has 4 rings (SSSR count). The van der Waals surface area contributed by atoms with Crippen molar-refractivity contribution in [2.45, 2.75) is 18.9 Å². The average Bonchev–Trinajstić information content (AvgIpc) is 3.33. The van der Waals surface area contributed by atoms with E-state index in [-0.39, 0.29) is 6.10 Å². The summed E-state index contributed by atoms with van der Waals surface area (Å²) in [5, 5.41) is 0. The number of rotatable bonds is 6. The van der Waals surface area contributed by atoms with Crippen LogP contribution in [0.15, 0.2) is 48.5 Å². The maximum atomic E-state index is 12.3. The first-order valence-electron chi connectivity index (χ1n) is 9.10. The number of imide groups is 1. The van der Waals surface area contributed by atoms with Crippen molar-refractivity contribution < 1.29 is 28.6 Å². The number of nitrogens with zero attached hydrogens (tertiary/aromatic N) is 1. The molecule has 0 saturated carbocycles. The van der Waals surface area contributed by atoms with Gasteiger partial charge in [0.05, 0.1) is 22.8 Å². The summed E-state index contributed by atoms with van der Waals surface area (Å²) in [4.78, 5) is 37.7. The van der Waals surface area contributed by atoms with E-state index in [1.807, 2.05) is 0 Å². The van der Waals surface area contributed by atoms with Crippen molar-refractivity contribution in [1.82, 2.24) is 4.90 Å². The van der Waals surface area contributed by atoms with Crippen LogP contribution in [0.1, 0.15) is 43.9 Å². The lowest BCUT2D eigenvalue weighted by molar-refractivity contribution is 0.0228. The molecular formula is C21H19NO6. The van der Waals surface area contributed by atoms with Crippen molar-refractivity contribution in [3.63, 3.8) is 0 Å². The van der Waals surface area contributed by atoms with E-state index in [4.69, 9.17) is 14.2 Å². The fourth-order valence-corrected chi connectivity index (χ4v) is 3.22. The van der Waals surface area contributed by atoms with E-state index in [0.29, 0.717) is 29.0 Å². The van der Waals surface area contributed by atoms with Crippen LogP contribution in [0.4, 0.5) is 0 Å². The zero-order valence-electron chi connectivity index (χ0n) is 15.1. The van der Waals surface area contributed by atoms with Crippen LogP contribution in [-0.2, 0) is 9.47 Å². The van der Waals surface area contributed by atoms with Gasteiger partial charge in [-0.1, -0.05) is 12.1 Å². The molecule has 2 aliphatic heterocycles. The topological polar surface area (TPSA) is 82.1 Å². The molecule has 2 aromatic carbocycles. The number of carbonyl (C=O) groups is 3. The quantitative estimate of drug-likeness (QED) is 0.565. The smallest absolute Gasteiger partial charge is 0.339 e. The molecule has 0 N–H and O–H groups in total. The normalized spacial score (nSPS) is 18.3. The highest BCUT2D eigenvalue weighted by molar-refractivity contribution is 6.21. The summed E-state index contributed by atoms with van der Waals surface area (Å²) in [5.41, 5.74) is 0.939. The van der Waals surface area contributed by atoms with Crippen molar-refractivity contribution in [2.75, 3.05) is 19.9 Å². The molecule has 2 heterocycles. The third-order valence-corrected chi connectivity index (χ3v) is 4.75. The fraction of sp³-hybridized carbons (Fsp3) is 0.286. The van der Waals surface area contributed by atoms with Gasteiger partial charge in [-0.15, -0.1) is 0 Å². The number of amides is 2. The first-order valence-corrected chi connectivity index (χ1v) is 9.10. The van der Waals surface area contributed by atoms with Gasteiger partial charge >= 0.3 is 5.97 Å². The minimum atomic E-state index is -0.623. The van der Waals surface area contributed by atoms with E-state index in [2.05, 4.69) is 0 Å². The molecule has 144 valence electrons. The lowest BCUT2D eigenvalue weighted by atomic mass is 10.1. The van der Waals surface area contributed by atoms with Crippen molar-refractivity contribution in [3.8, 4) is 5.75 Å². The van der Waals surface area contributed by atoms with Crippen molar-refractivity contribution >= 4 is 17.8 Å². The molecule has 2 amide bonds. The number of hydrogen-bond acceptors (Lipinski definition) is 6. The zero-order chi connectivity index (χ0) is 19.5. The van der Waals surface area contributed by atoms with Gasteiger partial charge in [-0.05, 0) is 49.2 Å². The molecule has 7 nitrogen and oxygen atoms in total. The predicted molar refractivity (Wildman–Crippen MR) is 98.1 cm³/mol. The van der Waals surface area contributed by atoms with Gasteiger partial charge < -0.3 is 14.2 Å². The lowest BCUT2D eigenvalue weighted by Crippen LogP contribution is -2.33. The molecule has 0 spiro atoms. The molecule has 7 heteroatoms. The maximum absolute atomic E-state index is 12.3. The second-order valence-corrected chi connectivity index (χ2v) is 6.62. The zero-order valence-corrected chi connectivity index (χ0v) is 15.1. The van der Waals surface area contributed by atoms with Crippen LogP contribution >= 0.6 is 0 Å². The predicted octanol–water partition coefficient (Wildman–Crippen LogP) is 2.65. The third kappa shape index (κ3) is 3.61. The number of fused-ring (bicyclic) bond motifs is 1. The molecule has 0 unspecified atom stereocenters. The van der Waals surface area contributed by atoms with Crippen LogP contribution in [0.2, 0.25) is 0 Å². The molecule has 2 aromatic rings. The Morgan fingerprint density at radius 1 is 1.04 bits per heavy atom. The third-order valence-electron chi connectivity index (χ3n) is 4.75. The number of carbonyl (C=O) groups excluding carboxylic acids is 3. The van der Waals surface area contributed by atoms with Gasteiger partial charge in [-0.25, -0.2) is 9.69 Å². The minimum absolute atomic E-state index is 0.115. The Labute approximate surface area is 161 Å². The summed E-state index contributed by atoms with van der Waals surface area (Å²) in [6.45, 7) is 0.817. The molecule has 0 aliphatic carbocycles. The number of benzene rings is 2. The van der Waals surface area contributed by atoms with Gasteiger partial charge in [-0.3, -0.25) is 9.59 Å². The fourth-order valence-electron chi connectivity index (χ4n) is 3.22. The Hall–Kier alpha value is -3.19. The number of hydrogen-bond donors (Lipinski definition) is 0. The molecule has 0 radical (unpaired) electrons. The van der Waals surface area contributed by atoms with Gasteiger partial charge in [0.25, 0.3) is 11.8 Å². The van der Waals surface area contributed by atoms with E-state index in [1.165, 1.54) is 0 Å². The van der Waals surface area contributed by atoms with Crippen molar-refractivity contribution in [3.05, 3.63) is 65.2 Å². The van der Waals surface area contributed by atoms with Gasteiger partial charge in [0.15, 0.2) is 6.73 Å². The van der Waals surface area contributed by atoms with E-state index >= 15 is 0 Å². The average molecular weight is 381 g/mol. The van der Waals surface area contributed by atoms with Crippen molar-refractivity contribution in [2.24, 2.45) is 0 Å². The Bertz CT molecular complexity index is 866. The summed E-state index contributed by atoms with van der Waals surface area (Å²) < 4.78 is 16.3. The molecule has 28 heavy (non-hydrogen) atoms. The van der Waals surface area contributed by atoms with Crippen LogP contribution in [0, 0.1) is 0 Å². The molecule has 0 aromatic heterocycles. The highest BCUT2D eigenvalue weighted by Crippen LogP contribution is 2.22. The van der Waals surface area contributed by atoms with E-state index < -0.39 is 24.5 Å². The summed E-state index contributed by atoms with van der Waals surface area (Å²) in [6, 6.07) is 13.0. The minimum Gasteiger partial charge on any atom is -0.491 e.